The van der Waals surface area contributed by atoms with E-state index in [2.05, 4.69) is 10.1 Å². The van der Waals surface area contributed by atoms with Gasteiger partial charge in [0.05, 0.1) is 24.3 Å². The van der Waals surface area contributed by atoms with Gasteiger partial charge in [0.2, 0.25) is 0 Å². The number of nitriles is 1. The van der Waals surface area contributed by atoms with E-state index in [9.17, 15) is 13.6 Å². The third kappa shape index (κ3) is 5.73. The monoisotopic (exact) mass is 420 g/mol. The number of hydrogen-bond acceptors (Lipinski definition) is 5. The number of hydrogen-bond donors (Lipinski definition) is 1. The lowest BCUT2D eigenvalue weighted by molar-refractivity contribution is -0.117. The first kappa shape index (κ1) is 21.2. The van der Waals surface area contributed by atoms with Crippen LogP contribution in [-0.2, 0) is 22.4 Å². The number of alkyl halides is 2. The van der Waals surface area contributed by atoms with Crippen LogP contribution in [0.3, 0.4) is 0 Å². The molecule has 2 aromatic rings. The highest BCUT2D eigenvalue weighted by atomic mass is 35.5. The van der Waals surface area contributed by atoms with Crippen LogP contribution in [-0.4, -0.2) is 32.1 Å². The highest BCUT2D eigenvalue weighted by Crippen LogP contribution is 2.27. The zero-order valence-corrected chi connectivity index (χ0v) is 16.2. The molecule has 0 amide bonds. The zero-order chi connectivity index (χ0) is 20.8. The van der Waals surface area contributed by atoms with Gasteiger partial charge in [-0.05, 0) is 35.4 Å². The molecule has 0 bridgehead atoms. The van der Waals surface area contributed by atoms with Gasteiger partial charge in [-0.25, -0.2) is 0 Å². The molecule has 0 aromatic heterocycles. The maximum Gasteiger partial charge on any atom is 0.387 e. The van der Waals surface area contributed by atoms with Gasteiger partial charge in [-0.2, -0.15) is 14.0 Å². The number of nitrogens with zero attached hydrogens (tertiary/aromatic N) is 1. The Morgan fingerprint density at radius 2 is 2.07 bits per heavy atom. The van der Waals surface area contributed by atoms with Crippen molar-refractivity contribution in [3.63, 3.8) is 0 Å². The van der Waals surface area contributed by atoms with E-state index < -0.39 is 6.61 Å². The standard InChI is InChI=1S/C21H19ClF2N2O3/c22-18-10-15(20-12-26-5-6-28-20)3-2-14(18)8-17(27)9-16-7-13(11-25)1-4-19(16)29-21(23)24/h1-4,7,10,20-21,26H,5-6,8-9,12H2/t20-/m1/s1. The largest absolute Gasteiger partial charge is 0.435 e. The Morgan fingerprint density at radius 1 is 1.28 bits per heavy atom. The van der Waals surface area contributed by atoms with Crippen LogP contribution in [0.15, 0.2) is 36.4 Å². The Morgan fingerprint density at radius 3 is 2.72 bits per heavy atom. The Kier molecular flexibility index (Phi) is 7.15. The van der Waals surface area contributed by atoms with E-state index in [1.807, 2.05) is 12.1 Å². The first-order chi connectivity index (χ1) is 14.0. The molecule has 0 saturated carbocycles. The SMILES string of the molecule is N#Cc1ccc(OC(F)F)c(CC(=O)Cc2ccc([C@H]3CNCCO3)cc2Cl)c1. The van der Waals surface area contributed by atoms with Gasteiger partial charge >= 0.3 is 6.61 Å². The van der Waals surface area contributed by atoms with E-state index in [4.69, 9.17) is 21.6 Å². The molecule has 1 aliphatic rings. The van der Waals surface area contributed by atoms with Gasteiger partial charge in [-0.1, -0.05) is 23.7 Å². The van der Waals surface area contributed by atoms with Crippen LogP contribution in [0.1, 0.15) is 28.4 Å². The molecule has 0 aliphatic carbocycles. The third-order valence-electron chi connectivity index (χ3n) is 4.56. The van der Waals surface area contributed by atoms with Crippen LogP contribution in [0.5, 0.6) is 5.75 Å². The Hall–Kier alpha value is -2.53. The number of ketones is 1. The summed E-state index contributed by atoms with van der Waals surface area (Å²) in [5, 5.41) is 12.7. The molecular weight excluding hydrogens is 402 g/mol. The van der Waals surface area contributed by atoms with Gasteiger partial charge in [0.25, 0.3) is 0 Å². The van der Waals surface area contributed by atoms with Gasteiger partial charge in [0.1, 0.15) is 11.5 Å². The van der Waals surface area contributed by atoms with Crippen molar-refractivity contribution >= 4 is 17.4 Å². The van der Waals surface area contributed by atoms with Gasteiger partial charge in [0, 0.05) is 36.5 Å². The van der Waals surface area contributed by atoms with E-state index in [0.717, 1.165) is 12.1 Å². The molecule has 0 spiro atoms. The molecule has 152 valence electrons. The normalized spacial score (nSPS) is 16.4. The molecule has 1 atom stereocenters. The minimum absolute atomic E-state index is 0.0355. The molecule has 1 aliphatic heterocycles. The highest BCUT2D eigenvalue weighted by molar-refractivity contribution is 6.31. The highest BCUT2D eigenvalue weighted by Gasteiger charge is 2.18. The van der Waals surface area contributed by atoms with E-state index in [1.165, 1.54) is 18.2 Å². The van der Waals surface area contributed by atoms with Crippen molar-refractivity contribution in [2.24, 2.45) is 0 Å². The summed E-state index contributed by atoms with van der Waals surface area (Å²) in [6.07, 6.45) is -0.201. The van der Waals surface area contributed by atoms with Crippen molar-refractivity contribution in [1.82, 2.24) is 5.32 Å². The number of ether oxygens (including phenoxy) is 2. The maximum absolute atomic E-state index is 12.6. The summed E-state index contributed by atoms with van der Waals surface area (Å²) in [5.41, 5.74) is 2.06. The second-order valence-electron chi connectivity index (χ2n) is 6.62. The molecule has 0 unspecified atom stereocenters. The maximum atomic E-state index is 12.6. The van der Waals surface area contributed by atoms with Crippen molar-refractivity contribution in [2.45, 2.75) is 25.6 Å². The van der Waals surface area contributed by atoms with Crippen LogP contribution < -0.4 is 10.1 Å². The van der Waals surface area contributed by atoms with Gasteiger partial charge in [-0.15, -0.1) is 0 Å². The average molecular weight is 421 g/mol. The van der Waals surface area contributed by atoms with Gasteiger partial charge in [0.15, 0.2) is 0 Å². The first-order valence-electron chi connectivity index (χ1n) is 9.06. The Bertz CT molecular complexity index is 925. The molecule has 8 heteroatoms. The van der Waals surface area contributed by atoms with Gasteiger partial charge < -0.3 is 14.8 Å². The number of carbonyl (C=O) groups is 1. The topological polar surface area (TPSA) is 71.3 Å². The summed E-state index contributed by atoms with van der Waals surface area (Å²) in [7, 11) is 0. The van der Waals surface area contributed by atoms with Crippen LogP contribution >= 0.6 is 11.6 Å². The number of halogens is 3. The summed E-state index contributed by atoms with van der Waals surface area (Å²) in [4.78, 5) is 12.5. The second kappa shape index (κ2) is 9.79. The molecule has 2 aromatic carbocycles. The summed E-state index contributed by atoms with van der Waals surface area (Å²) < 4.78 is 35.4. The average Bonchev–Trinajstić information content (AvgIpc) is 2.71. The van der Waals surface area contributed by atoms with Crippen molar-refractivity contribution in [2.75, 3.05) is 19.7 Å². The third-order valence-corrected chi connectivity index (χ3v) is 4.91. The predicted molar refractivity (Wildman–Crippen MR) is 103 cm³/mol. The molecule has 1 heterocycles. The summed E-state index contributed by atoms with van der Waals surface area (Å²) in [5.74, 6) is -0.347. The lowest BCUT2D eigenvalue weighted by Crippen LogP contribution is -2.33. The Balaban J connectivity index is 1.71. The number of nitrogens with one attached hydrogen (secondary N) is 1. The van der Waals surface area contributed by atoms with Crippen molar-refractivity contribution in [3.8, 4) is 11.8 Å². The number of Topliss-reactive ketones (excluding diaryl/α,β-unsaturated/α-hetero) is 1. The Labute approximate surface area is 172 Å². The van der Waals surface area contributed by atoms with E-state index in [0.29, 0.717) is 23.7 Å². The molecule has 1 fully saturated rings. The predicted octanol–water partition coefficient (Wildman–Crippen LogP) is 3.83. The smallest absolute Gasteiger partial charge is 0.387 e. The molecule has 1 saturated heterocycles. The minimum atomic E-state index is -3.02. The second-order valence-corrected chi connectivity index (χ2v) is 7.03. The quantitative estimate of drug-likeness (QED) is 0.737. The van der Waals surface area contributed by atoms with Gasteiger partial charge in [-0.3, -0.25) is 4.79 Å². The summed E-state index contributed by atoms with van der Waals surface area (Å²) >= 11 is 6.35. The number of rotatable bonds is 7. The lowest BCUT2D eigenvalue weighted by Gasteiger charge is -2.24. The van der Waals surface area contributed by atoms with E-state index in [1.54, 1.807) is 12.1 Å². The molecule has 0 radical (unpaired) electrons. The molecule has 5 nitrogen and oxygen atoms in total. The fourth-order valence-electron chi connectivity index (χ4n) is 3.17. The number of benzene rings is 2. The molecular formula is C21H19ClF2N2O3. The molecule has 29 heavy (non-hydrogen) atoms. The van der Waals surface area contributed by atoms with Crippen LogP contribution in [0.2, 0.25) is 5.02 Å². The van der Waals surface area contributed by atoms with Crippen LogP contribution in [0, 0.1) is 11.3 Å². The summed E-state index contributed by atoms with van der Waals surface area (Å²) in [6.45, 7) is -0.902. The van der Waals surface area contributed by atoms with Crippen molar-refractivity contribution < 1.29 is 23.0 Å². The minimum Gasteiger partial charge on any atom is -0.435 e. The number of morpholine rings is 1. The fourth-order valence-corrected chi connectivity index (χ4v) is 3.43. The molecule has 1 N–H and O–H groups in total. The van der Waals surface area contributed by atoms with E-state index >= 15 is 0 Å². The molecule has 3 rings (SSSR count). The zero-order valence-electron chi connectivity index (χ0n) is 15.5. The van der Waals surface area contributed by atoms with E-state index in [-0.39, 0.29) is 41.6 Å². The lowest BCUT2D eigenvalue weighted by atomic mass is 9.99. The number of carbonyl (C=O) groups excluding carboxylic acids is 1. The first-order valence-corrected chi connectivity index (χ1v) is 9.44. The summed E-state index contributed by atoms with van der Waals surface area (Å²) in [6, 6.07) is 11.4. The van der Waals surface area contributed by atoms with Crippen molar-refractivity contribution in [1.29, 1.82) is 5.26 Å². The van der Waals surface area contributed by atoms with Crippen LogP contribution in [0.4, 0.5) is 8.78 Å². The van der Waals surface area contributed by atoms with Crippen LogP contribution in [0.25, 0.3) is 0 Å². The fraction of sp³-hybridized carbons (Fsp3) is 0.333. The van der Waals surface area contributed by atoms with Crippen molar-refractivity contribution in [3.05, 3.63) is 63.7 Å².